The summed E-state index contributed by atoms with van der Waals surface area (Å²) in [5.41, 5.74) is 3.28. The average molecular weight is 364 g/mol. The van der Waals surface area contributed by atoms with Gasteiger partial charge < -0.3 is 9.47 Å². The Balaban J connectivity index is 1.73. The van der Waals surface area contributed by atoms with E-state index in [0.29, 0.717) is 18.8 Å². The normalized spacial score (nSPS) is 11.2. The molecule has 4 aromatic rings. The van der Waals surface area contributed by atoms with Gasteiger partial charge in [0.15, 0.2) is 0 Å². The highest BCUT2D eigenvalue weighted by molar-refractivity contribution is 7.09. The minimum absolute atomic E-state index is 0.00389. The zero-order chi connectivity index (χ0) is 18.1. The fraction of sp³-hybridized carbons (Fsp3) is 0.200. The Bertz CT molecular complexity index is 1050. The first kappa shape index (κ1) is 16.6. The first-order chi connectivity index (χ1) is 12.6. The van der Waals surface area contributed by atoms with E-state index in [1.54, 1.807) is 11.3 Å². The van der Waals surface area contributed by atoms with E-state index in [-0.39, 0.29) is 5.91 Å². The van der Waals surface area contributed by atoms with Crippen LogP contribution in [-0.2, 0) is 20.1 Å². The third kappa shape index (κ3) is 3.04. The summed E-state index contributed by atoms with van der Waals surface area (Å²) in [6.45, 7) is 3.03. The first-order valence-electron chi connectivity index (χ1n) is 8.49. The SMILES string of the molecule is Cc1nc2ccccn2c1C(=O)N(Cc1cccs1)Cc1cccn1C. The minimum atomic E-state index is -0.00389. The van der Waals surface area contributed by atoms with Crippen LogP contribution in [0.4, 0.5) is 0 Å². The number of imidazole rings is 1. The van der Waals surface area contributed by atoms with E-state index in [0.717, 1.165) is 17.0 Å². The molecule has 0 radical (unpaired) electrons. The molecule has 0 aliphatic heterocycles. The predicted octanol–water partition coefficient (Wildman–Crippen LogP) is 3.89. The summed E-state index contributed by atoms with van der Waals surface area (Å²) in [6.07, 6.45) is 3.90. The maximum atomic E-state index is 13.5. The van der Waals surface area contributed by atoms with E-state index >= 15 is 0 Å². The van der Waals surface area contributed by atoms with Gasteiger partial charge in [0, 0.05) is 30.0 Å². The fourth-order valence-corrected chi connectivity index (χ4v) is 3.89. The van der Waals surface area contributed by atoms with Crippen LogP contribution in [-0.4, -0.2) is 24.8 Å². The van der Waals surface area contributed by atoms with Gasteiger partial charge in [0.25, 0.3) is 5.91 Å². The molecule has 4 heterocycles. The van der Waals surface area contributed by atoms with Gasteiger partial charge >= 0.3 is 0 Å². The third-order valence-corrected chi connectivity index (χ3v) is 5.39. The molecule has 5 nitrogen and oxygen atoms in total. The van der Waals surface area contributed by atoms with Crippen LogP contribution in [0.15, 0.2) is 60.2 Å². The number of aromatic nitrogens is 3. The molecule has 0 fully saturated rings. The standard InChI is InChI=1S/C20H20N4OS/c1-15-19(24-11-4-3-9-18(24)21-15)20(25)23(14-17-8-6-12-26-17)13-16-7-5-10-22(16)2/h3-12H,13-14H2,1-2H3. The van der Waals surface area contributed by atoms with Crippen molar-refractivity contribution in [2.24, 2.45) is 7.05 Å². The number of carbonyl (C=O) groups excluding carboxylic acids is 1. The van der Waals surface area contributed by atoms with Crippen molar-refractivity contribution < 1.29 is 4.79 Å². The fourth-order valence-electron chi connectivity index (χ4n) is 3.17. The minimum Gasteiger partial charge on any atom is -0.353 e. The topological polar surface area (TPSA) is 42.5 Å². The third-order valence-electron chi connectivity index (χ3n) is 4.52. The van der Waals surface area contributed by atoms with Gasteiger partial charge in [-0.1, -0.05) is 12.1 Å². The number of hydrogen-bond donors (Lipinski definition) is 0. The monoisotopic (exact) mass is 364 g/mol. The summed E-state index contributed by atoms with van der Waals surface area (Å²) >= 11 is 1.67. The molecule has 26 heavy (non-hydrogen) atoms. The molecule has 4 aromatic heterocycles. The van der Waals surface area contributed by atoms with Crippen LogP contribution in [0.1, 0.15) is 26.8 Å². The Morgan fingerprint density at radius 1 is 1.12 bits per heavy atom. The van der Waals surface area contributed by atoms with Crippen molar-refractivity contribution in [2.75, 3.05) is 0 Å². The molecule has 0 saturated heterocycles. The van der Waals surface area contributed by atoms with Crippen LogP contribution < -0.4 is 0 Å². The molecule has 0 aliphatic carbocycles. The van der Waals surface area contributed by atoms with E-state index in [2.05, 4.69) is 21.7 Å². The molecule has 0 aliphatic rings. The second-order valence-electron chi connectivity index (χ2n) is 6.33. The summed E-state index contributed by atoms with van der Waals surface area (Å²) in [4.78, 5) is 21.1. The quantitative estimate of drug-likeness (QED) is 0.539. The molecule has 0 aromatic carbocycles. The highest BCUT2D eigenvalue weighted by Crippen LogP contribution is 2.20. The Labute approximate surface area is 156 Å². The molecule has 0 N–H and O–H groups in total. The molecule has 4 rings (SSSR count). The van der Waals surface area contributed by atoms with Crippen molar-refractivity contribution in [1.29, 1.82) is 0 Å². The van der Waals surface area contributed by atoms with E-state index < -0.39 is 0 Å². The summed E-state index contributed by atoms with van der Waals surface area (Å²) < 4.78 is 3.93. The lowest BCUT2D eigenvalue weighted by molar-refractivity contribution is 0.0720. The maximum absolute atomic E-state index is 13.5. The number of thiophene rings is 1. The molecule has 0 saturated carbocycles. The lowest BCUT2D eigenvalue weighted by Crippen LogP contribution is -2.32. The molecule has 0 spiro atoms. The van der Waals surface area contributed by atoms with Gasteiger partial charge in [-0.05, 0) is 42.6 Å². The molecule has 0 unspecified atom stereocenters. The number of aryl methyl sites for hydroxylation is 2. The number of hydrogen-bond acceptors (Lipinski definition) is 3. The summed E-state index contributed by atoms with van der Waals surface area (Å²) in [6, 6.07) is 13.9. The average Bonchev–Trinajstić information content (AvgIpc) is 3.34. The Morgan fingerprint density at radius 2 is 2.00 bits per heavy atom. The van der Waals surface area contributed by atoms with Crippen molar-refractivity contribution in [3.63, 3.8) is 0 Å². The van der Waals surface area contributed by atoms with Crippen LogP contribution >= 0.6 is 11.3 Å². The largest absolute Gasteiger partial charge is 0.353 e. The number of pyridine rings is 1. The van der Waals surface area contributed by atoms with E-state index in [1.807, 2.05) is 71.4 Å². The van der Waals surface area contributed by atoms with Crippen molar-refractivity contribution in [2.45, 2.75) is 20.0 Å². The van der Waals surface area contributed by atoms with Gasteiger partial charge in [-0.15, -0.1) is 11.3 Å². The Hall–Kier alpha value is -2.86. The van der Waals surface area contributed by atoms with Crippen LogP contribution in [0.25, 0.3) is 5.65 Å². The van der Waals surface area contributed by atoms with Gasteiger partial charge in [0.1, 0.15) is 11.3 Å². The van der Waals surface area contributed by atoms with Gasteiger partial charge in [-0.3, -0.25) is 9.20 Å². The van der Waals surface area contributed by atoms with Crippen LogP contribution in [0.3, 0.4) is 0 Å². The van der Waals surface area contributed by atoms with Crippen LogP contribution in [0.5, 0.6) is 0 Å². The molecular weight excluding hydrogens is 344 g/mol. The molecule has 0 bridgehead atoms. The summed E-state index contributed by atoms with van der Waals surface area (Å²) in [5.74, 6) is -0.00389. The zero-order valence-corrected chi connectivity index (χ0v) is 15.6. The number of amides is 1. The van der Waals surface area contributed by atoms with Crippen LogP contribution in [0.2, 0.25) is 0 Å². The highest BCUT2D eigenvalue weighted by atomic mass is 32.1. The Morgan fingerprint density at radius 3 is 2.73 bits per heavy atom. The smallest absolute Gasteiger partial charge is 0.273 e. The van der Waals surface area contributed by atoms with Crippen molar-refractivity contribution in [3.8, 4) is 0 Å². The lowest BCUT2D eigenvalue weighted by atomic mass is 10.2. The number of rotatable bonds is 5. The summed E-state index contributed by atoms with van der Waals surface area (Å²) in [7, 11) is 2.00. The van der Waals surface area contributed by atoms with Gasteiger partial charge in [0.2, 0.25) is 0 Å². The van der Waals surface area contributed by atoms with Gasteiger partial charge in [0.05, 0.1) is 18.8 Å². The Kier molecular flexibility index (Phi) is 4.34. The number of fused-ring (bicyclic) bond motifs is 1. The van der Waals surface area contributed by atoms with Crippen molar-refractivity contribution >= 4 is 22.9 Å². The van der Waals surface area contributed by atoms with Gasteiger partial charge in [-0.2, -0.15) is 0 Å². The number of nitrogens with zero attached hydrogens (tertiary/aromatic N) is 4. The van der Waals surface area contributed by atoms with Crippen molar-refractivity contribution in [3.05, 3.63) is 82.2 Å². The molecule has 1 amide bonds. The van der Waals surface area contributed by atoms with Gasteiger partial charge in [-0.25, -0.2) is 4.98 Å². The van der Waals surface area contributed by atoms with E-state index in [4.69, 9.17) is 0 Å². The summed E-state index contributed by atoms with van der Waals surface area (Å²) in [5, 5.41) is 2.04. The zero-order valence-electron chi connectivity index (χ0n) is 14.8. The van der Waals surface area contributed by atoms with E-state index in [1.165, 1.54) is 4.88 Å². The second kappa shape index (κ2) is 6.80. The van der Waals surface area contributed by atoms with E-state index in [9.17, 15) is 4.79 Å². The van der Waals surface area contributed by atoms with Crippen molar-refractivity contribution in [1.82, 2.24) is 18.9 Å². The molecule has 0 atom stereocenters. The molecule has 132 valence electrons. The second-order valence-corrected chi connectivity index (χ2v) is 7.36. The maximum Gasteiger partial charge on any atom is 0.273 e. The molecule has 6 heteroatoms. The first-order valence-corrected chi connectivity index (χ1v) is 9.37. The van der Waals surface area contributed by atoms with Crippen LogP contribution in [0, 0.1) is 6.92 Å². The number of carbonyl (C=O) groups is 1. The predicted molar refractivity (Wildman–Crippen MR) is 103 cm³/mol. The lowest BCUT2D eigenvalue weighted by Gasteiger charge is -2.23. The molecular formula is C20H20N4OS. The highest BCUT2D eigenvalue weighted by Gasteiger charge is 2.23.